The average molecular weight is 241 g/mol. The van der Waals surface area contributed by atoms with E-state index < -0.39 is 0 Å². The van der Waals surface area contributed by atoms with Crippen LogP contribution >= 0.6 is 0 Å². The summed E-state index contributed by atoms with van der Waals surface area (Å²) in [6.07, 6.45) is 4.57. The van der Waals surface area contributed by atoms with E-state index in [1.165, 1.54) is 41.5 Å². The second-order valence-electron chi connectivity index (χ2n) is 5.05. The Labute approximate surface area is 107 Å². The lowest BCUT2D eigenvalue weighted by Gasteiger charge is -2.06. The molecule has 0 saturated carbocycles. The Morgan fingerprint density at radius 2 is 2.11 bits per heavy atom. The van der Waals surface area contributed by atoms with Crippen molar-refractivity contribution < 1.29 is 0 Å². The summed E-state index contributed by atoms with van der Waals surface area (Å²) in [7, 11) is 0. The molecular weight excluding hydrogens is 222 g/mol. The minimum Gasteiger partial charge on any atom is -0.330 e. The Morgan fingerprint density at radius 1 is 1.28 bits per heavy atom. The minimum atomic E-state index is 0.641. The van der Waals surface area contributed by atoms with Crippen molar-refractivity contribution in [1.29, 1.82) is 0 Å². The minimum absolute atomic E-state index is 0.641. The molecule has 1 aliphatic rings. The van der Waals surface area contributed by atoms with Crippen molar-refractivity contribution in [3.8, 4) is 11.1 Å². The van der Waals surface area contributed by atoms with Crippen molar-refractivity contribution in [1.82, 2.24) is 10.2 Å². The first-order chi connectivity index (χ1) is 8.79. The van der Waals surface area contributed by atoms with E-state index in [2.05, 4.69) is 35.3 Å². The summed E-state index contributed by atoms with van der Waals surface area (Å²) in [5.41, 5.74) is 13.4. The van der Waals surface area contributed by atoms with Crippen LogP contribution in [0.4, 0.5) is 0 Å². The summed E-state index contributed by atoms with van der Waals surface area (Å²) >= 11 is 0. The number of aryl methyl sites for hydroxylation is 3. The van der Waals surface area contributed by atoms with E-state index in [9.17, 15) is 0 Å². The number of hydrogen-bond donors (Lipinski definition) is 2. The Kier molecular flexibility index (Phi) is 2.92. The van der Waals surface area contributed by atoms with Crippen molar-refractivity contribution in [3.63, 3.8) is 0 Å². The summed E-state index contributed by atoms with van der Waals surface area (Å²) in [4.78, 5) is 0. The van der Waals surface area contributed by atoms with Crippen molar-refractivity contribution in [2.24, 2.45) is 5.73 Å². The van der Waals surface area contributed by atoms with Gasteiger partial charge in [-0.05, 0) is 49.4 Å². The molecule has 94 valence electrons. The van der Waals surface area contributed by atoms with Gasteiger partial charge in [0.15, 0.2) is 0 Å². The van der Waals surface area contributed by atoms with E-state index in [0.717, 1.165) is 17.8 Å². The van der Waals surface area contributed by atoms with Gasteiger partial charge in [-0.25, -0.2) is 0 Å². The molecule has 3 N–H and O–H groups in total. The van der Waals surface area contributed by atoms with Crippen LogP contribution in [0.25, 0.3) is 11.1 Å². The van der Waals surface area contributed by atoms with Gasteiger partial charge in [-0.2, -0.15) is 5.10 Å². The number of rotatable bonds is 3. The first-order valence-corrected chi connectivity index (χ1v) is 6.65. The number of hydrogen-bond acceptors (Lipinski definition) is 2. The molecule has 18 heavy (non-hydrogen) atoms. The second-order valence-corrected chi connectivity index (χ2v) is 5.05. The monoisotopic (exact) mass is 241 g/mol. The number of nitrogens with one attached hydrogen (secondary N) is 1. The molecule has 0 fully saturated rings. The molecule has 0 aliphatic heterocycles. The van der Waals surface area contributed by atoms with Crippen LogP contribution in [0.1, 0.15) is 28.9 Å². The Hall–Kier alpha value is -1.61. The molecule has 0 atom stereocenters. The number of aromatic amines is 1. The Balaban J connectivity index is 2.06. The highest BCUT2D eigenvalue weighted by molar-refractivity contribution is 5.70. The second kappa shape index (κ2) is 4.58. The van der Waals surface area contributed by atoms with Crippen LogP contribution in [0.3, 0.4) is 0 Å². The van der Waals surface area contributed by atoms with Crippen molar-refractivity contribution in [3.05, 3.63) is 40.7 Å². The lowest BCUT2D eigenvalue weighted by atomic mass is 9.98. The standard InChI is InChI=1S/C15H19N3/c1-10-15(14(7-8-16)18-17-10)13-6-5-11-3-2-4-12(11)9-13/h5-6,9H,2-4,7-8,16H2,1H3,(H,17,18). The quantitative estimate of drug-likeness (QED) is 0.866. The van der Waals surface area contributed by atoms with Gasteiger partial charge in [0.2, 0.25) is 0 Å². The third kappa shape index (κ3) is 1.85. The van der Waals surface area contributed by atoms with Crippen LogP contribution in [0, 0.1) is 6.92 Å². The van der Waals surface area contributed by atoms with E-state index in [1.54, 1.807) is 0 Å². The van der Waals surface area contributed by atoms with Crippen molar-refractivity contribution in [2.45, 2.75) is 32.6 Å². The number of benzene rings is 1. The predicted molar refractivity (Wildman–Crippen MR) is 73.5 cm³/mol. The maximum absolute atomic E-state index is 5.65. The van der Waals surface area contributed by atoms with Gasteiger partial charge < -0.3 is 5.73 Å². The molecule has 0 unspecified atom stereocenters. The molecule has 3 nitrogen and oxygen atoms in total. The number of aromatic nitrogens is 2. The highest BCUT2D eigenvalue weighted by Crippen LogP contribution is 2.31. The zero-order valence-electron chi connectivity index (χ0n) is 10.8. The highest BCUT2D eigenvalue weighted by Gasteiger charge is 2.15. The summed E-state index contributed by atoms with van der Waals surface area (Å²) in [6, 6.07) is 6.83. The maximum Gasteiger partial charge on any atom is 0.0715 e. The number of nitrogens with two attached hydrogens (primary N) is 1. The molecule has 0 saturated heterocycles. The van der Waals surface area contributed by atoms with Crippen molar-refractivity contribution in [2.75, 3.05) is 6.54 Å². The van der Waals surface area contributed by atoms with Crippen LogP contribution in [0.2, 0.25) is 0 Å². The van der Waals surface area contributed by atoms with Crippen LogP contribution in [-0.2, 0) is 19.3 Å². The fraction of sp³-hybridized carbons (Fsp3) is 0.400. The zero-order valence-corrected chi connectivity index (χ0v) is 10.8. The molecule has 0 bridgehead atoms. The van der Waals surface area contributed by atoms with Crippen LogP contribution in [0.5, 0.6) is 0 Å². The topological polar surface area (TPSA) is 54.7 Å². The molecule has 1 aliphatic carbocycles. The molecular formula is C15H19N3. The van der Waals surface area contributed by atoms with Gasteiger partial charge in [0, 0.05) is 17.7 Å². The van der Waals surface area contributed by atoms with Gasteiger partial charge in [-0.15, -0.1) is 0 Å². The predicted octanol–water partition coefficient (Wildman–Crippen LogP) is 2.38. The van der Waals surface area contributed by atoms with Crippen molar-refractivity contribution >= 4 is 0 Å². The maximum atomic E-state index is 5.65. The van der Waals surface area contributed by atoms with Gasteiger partial charge in [-0.3, -0.25) is 5.10 Å². The highest BCUT2D eigenvalue weighted by atomic mass is 15.1. The van der Waals surface area contributed by atoms with Gasteiger partial charge in [-0.1, -0.05) is 18.2 Å². The number of H-pyrrole nitrogens is 1. The molecule has 0 spiro atoms. The van der Waals surface area contributed by atoms with E-state index in [0.29, 0.717) is 6.54 Å². The third-order valence-electron chi connectivity index (χ3n) is 3.79. The fourth-order valence-electron chi connectivity index (χ4n) is 2.91. The van der Waals surface area contributed by atoms with Crippen LogP contribution < -0.4 is 5.73 Å². The summed E-state index contributed by atoms with van der Waals surface area (Å²) in [6.45, 7) is 2.72. The van der Waals surface area contributed by atoms with Gasteiger partial charge in [0.1, 0.15) is 0 Å². The number of nitrogens with zero attached hydrogens (tertiary/aromatic N) is 1. The molecule has 2 aromatic rings. The van der Waals surface area contributed by atoms with E-state index >= 15 is 0 Å². The lowest BCUT2D eigenvalue weighted by Crippen LogP contribution is -2.04. The smallest absolute Gasteiger partial charge is 0.0715 e. The fourth-order valence-corrected chi connectivity index (χ4v) is 2.91. The van der Waals surface area contributed by atoms with E-state index in [4.69, 9.17) is 5.73 Å². The molecule has 3 heteroatoms. The van der Waals surface area contributed by atoms with E-state index in [-0.39, 0.29) is 0 Å². The lowest BCUT2D eigenvalue weighted by molar-refractivity contribution is 0.899. The Bertz CT molecular complexity index is 569. The van der Waals surface area contributed by atoms with E-state index in [1.807, 2.05) is 0 Å². The first kappa shape index (κ1) is 11.5. The van der Waals surface area contributed by atoms with Gasteiger partial charge in [0.05, 0.1) is 5.69 Å². The van der Waals surface area contributed by atoms with Crippen LogP contribution in [0.15, 0.2) is 18.2 Å². The average Bonchev–Trinajstić information content (AvgIpc) is 2.96. The van der Waals surface area contributed by atoms with Gasteiger partial charge >= 0.3 is 0 Å². The molecule has 0 radical (unpaired) electrons. The summed E-state index contributed by atoms with van der Waals surface area (Å²) in [5, 5.41) is 7.45. The van der Waals surface area contributed by atoms with Gasteiger partial charge in [0.25, 0.3) is 0 Å². The molecule has 0 amide bonds. The largest absolute Gasteiger partial charge is 0.330 e. The Morgan fingerprint density at radius 3 is 2.94 bits per heavy atom. The zero-order chi connectivity index (χ0) is 12.5. The molecule has 1 aromatic heterocycles. The summed E-state index contributed by atoms with van der Waals surface area (Å²) in [5.74, 6) is 0. The number of fused-ring (bicyclic) bond motifs is 1. The first-order valence-electron chi connectivity index (χ1n) is 6.65. The molecule has 1 heterocycles. The summed E-state index contributed by atoms with van der Waals surface area (Å²) < 4.78 is 0. The normalized spacial score (nSPS) is 13.9. The SMILES string of the molecule is Cc1[nH]nc(CCN)c1-c1ccc2c(c1)CCC2. The molecule has 1 aromatic carbocycles. The van der Waals surface area contributed by atoms with Crippen LogP contribution in [-0.4, -0.2) is 16.7 Å². The molecule has 3 rings (SSSR count). The third-order valence-corrected chi connectivity index (χ3v) is 3.79.